The van der Waals surface area contributed by atoms with Crippen molar-refractivity contribution in [2.24, 2.45) is 0 Å². The minimum Gasteiger partial charge on any atom is -0.258 e. The second-order valence-electron chi connectivity index (χ2n) is 3.62. The van der Waals surface area contributed by atoms with Gasteiger partial charge in [0.25, 0.3) is 5.69 Å². The van der Waals surface area contributed by atoms with Gasteiger partial charge in [0.2, 0.25) is 0 Å². The van der Waals surface area contributed by atoms with Crippen molar-refractivity contribution in [2.75, 3.05) is 0 Å². The van der Waals surface area contributed by atoms with Gasteiger partial charge >= 0.3 is 0 Å². The Morgan fingerprint density at radius 1 is 1.29 bits per heavy atom. The van der Waals surface area contributed by atoms with E-state index in [0.717, 1.165) is 12.0 Å². The van der Waals surface area contributed by atoms with Gasteiger partial charge in [0.05, 0.1) is 11.1 Å². The topological polar surface area (TPSA) is 56.0 Å². The largest absolute Gasteiger partial charge is 0.295 e. The van der Waals surface area contributed by atoms with Crippen molar-refractivity contribution in [1.82, 2.24) is 4.98 Å². The number of benzene rings is 1. The number of rotatable bonds is 3. The molecule has 4 nitrogen and oxygen atoms in total. The van der Waals surface area contributed by atoms with Crippen molar-refractivity contribution in [3.63, 3.8) is 0 Å². The summed E-state index contributed by atoms with van der Waals surface area (Å²) in [6, 6.07) is 10.5. The predicted octanol–water partition coefficient (Wildman–Crippen LogP) is 3.02. The van der Waals surface area contributed by atoms with Gasteiger partial charge in [-0.3, -0.25) is 10.1 Å². The summed E-state index contributed by atoms with van der Waals surface area (Å²) < 4.78 is 0. The summed E-state index contributed by atoms with van der Waals surface area (Å²) in [6.07, 6.45) is 3.57. The Bertz CT molecular complexity index is 535. The van der Waals surface area contributed by atoms with Gasteiger partial charge in [0, 0.05) is 11.6 Å². The van der Waals surface area contributed by atoms with Crippen LogP contribution in [-0.4, -0.2) is 9.91 Å². The molecule has 2 rings (SSSR count). The number of aryl methyl sites for hydroxylation is 1. The fourth-order valence-electron chi connectivity index (χ4n) is 1.61. The lowest BCUT2D eigenvalue weighted by Crippen LogP contribution is -1.94. The van der Waals surface area contributed by atoms with Gasteiger partial charge in [-0.05, 0) is 18.1 Å². The summed E-state index contributed by atoms with van der Waals surface area (Å²) in [6.45, 7) is 2.06. The zero-order chi connectivity index (χ0) is 12.3. The molecule has 0 aliphatic rings. The molecular formula is C13H11N2O2. The molecule has 0 spiro atoms. The van der Waals surface area contributed by atoms with Crippen molar-refractivity contribution in [3.8, 4) is 11.3 Å². The van der Waals surface area contributed by atoms with E-state index in [1.54, 1.807) is 0 Å². The molecule has 2 aromatic rings. The quantitative estimate of drug-likeness (QED) is 0.598. The van der Waals surface area contributed by atoms with Crippen LogP contribution in [0.25, 0.3) is 11.3 Å². The maximum absolute atomic E-state index is 10.9. The molecule has 0 bridgehead atoms. The summed E-state index contributed by atoms with van der Waals surface area (Å²) in [7, 11) is 0. The lowest BCUT2D eigenvalue weighted by atomic mass is 10.1. The second-order valence-corrected chi connectivity index (χ2v) is 3.62. The Kier molecular flexibility index (Phi) is 3.14. The monoisotopic (exact) mass is 227 g/mol. The van der Waals surface area contributed by atoms with Crippen LogP contribution < -0.4 is 0 Å². The molecule has 0 amide bonds. The van der Waals surface area contributed by atoms with Crippen LogP contribution in [0.1, 0.15) is 12.5 Å². The van der Waals surface area contributed by atoms with E-state index in [4.69, 9.17) is 0 Å². The van der Waals surface area contributed by atoms with Gasteiger partial charge in [-0.15, -0.1) is 0 Å². The molecule has 0 aliphatic heterocycles. The highest BCUT2D eigenvalue weighted by Gasteiger charge is 2.15. The summed E-state index contributed by atoms with van der Waals surface area (Å²) >= 11 is 0. The Labute approximate surface area is 99.1 Å². The van der Waals surface area contributed by atoms with Crippen molar-refractivity contribution >= 4 is 5.69 Å². The Morgan fingerprint density at radius 2 is 2.00 bits per heavy atom. The molecule has 1 aromatic heterocycles. The van der Waals surface area contributed by atoms with Crippen LogP contribution in [0.4, 0.5) is 5.69 Å². The summed E-state index contributed by atoms with van der Waals surface area (Å²) in [5.41, 5.74) is 2.30. The van der Waals surface area contributed by atoms with Crippen LogP contribution in [-0.2, 0) is 6.42 Å². The smallest absolute Gasteiger partial charge is 0.258 e. The van der Waals surface area contributed by atoms with E-state index in [1.807, 2.05) is 24.3 Å². The highest BCUT2D eigenvalue weighted by Crippen LogP contribution is 2.26. The van der Waals surface area contributed by atoms with E-state index < -0.39 is 4.92 Å². The summed E-state index contributed by atoms with van der Waals surface area (Å²) in [4.78, 5) is 14.4. The van der Waals surface area contributed by atoms with Gasteiger partial charge in [-0.1, -0.05) is 31.2 Å². The van der Waals surface area contributed by atoms with Gasteiger partial charge in [-0.25, -0.2) is 4.98 Å². The normalized spacial score (nSPS) is 10.2. The minimum absolute atomic E-state index is 0.00741. The number of hydrogen-bond acceptors (Lipinski definition) is 3. The minimum atomic E-state index is -0.427. The van der Waals surface area contributed by atoms with Crippen molar-refractivity contribution < 1.29 is 4.92 Å². The fraction of sp³-hybridized carbons (Fsp3) is 0.154. The van der Waals surface area contributed by atoms with Crippen LogP contribution >= 0.6 is 0 Å². The molecule has 0 fully saturated rings. The van der Waals surface area contributed by atoms with E-state index in [-0.39, 0.29) is 5.69 Å². The van der Waals surface area contributed by atoms with Crippen molar-refractivity contribution in [1.29, 1.82) is 0 Å². The first kappa shape index (κ1) is 11.3. The molecule has 1 heterocycles. The first-order chi connectivity index (χ1) is 8.22. The maximum Gasteiger partial charge on any atom is 0.295 e. The zero-order valence-corrected chi connectivity index (χ0v) is 9.38. The van der Waals surface area contributed by atoms with E-state index in [1.165, 1.54) is 17.7 Å². The average Bonchev–Trinajstić information content (AvgIpc) is 2.39. The molecular weight excluding hydrogens is 216 g/mol. The molecule has 4 heteroatoms. The standard InChI is InChI=1S/C13H11N2O2/c1-2-10-5-7-11(8-6-10)13-12(15(16)17)4-3-9-14-13/h3-8H,2H2,1H3. The first-order valence-corrected chi connectivity index (χ1v) is 5.33. The van der Waals surface area contributed by atoms with Crippen LogP contribution in [0, 0.1) is 16.3 Å². The van der Waals surface area contributed by atoms with E-state index in [9.17, 15) is 10.1 Å². The number of pyridine rings is 1. The summed E-state index contributed by atoms with van der Waals surface area (Å²) in [5.74, 6) is 0. The molecule has 0 saturated carbocycles. The fourth-order valence-corrected chi connectivity index (χ4v) is 1.61. The summed E-state index contributed by atoms with van der Waals surface area (Å²) in [5, 5.41) is 10.9. The maximum atomic E-state index is 10.9. The molecule has 1 radical (unpaired) electrons. The molecule has 17 heavy (non-hydrogen) atoms. The third-order valence-electron chi connectivity index (χ3n) is 2.57. The zero-order valence-electron chi connectivity index (χ0n) is 9.38. The third kappa shape index (κ3) is 2.30. The van der Waals surface area contributed by atoms with Gasteiger partial charge in [0.1, 0.15) is 5.69 Å². The van der Waals surface area contributed by atoms with Crippen LogP contribution in [0.2, 0.25) is 0 Å². The second kappa shape index (κ2) is 4.74. The van der Waals surface area contributed by atoms with Gasteiger partial charge < -0.3 is 0 Å². The number of nitrogens with zero attached hydrogens (tertiary/aromatic N) is 2. The molecule has 1 aromatic carbocycles. The van der Waals surface area contributed by atoms with Crippen LogP contribution in [0.3, 0.4) is 0 Å². The molecule has 0 atom stereocenters. The number of aromatic nitrogens is 1. The molecule has 0 unspecified atom stereocenters. The SMILES string of the molecule is CCc1ccc(-c2n[c]ccc2[N+](=O)[O-])cc1. The molecule has 85 valence electrons. The first-order valence-electron chi connectivity index (χ1n) is 5.33. The Balaban J connectivity index is 2.48. The van der Waals surface area contributed by atoms with Crippen molar-refractivity contribution in [2.45, 2.75) is 13.3 Å². The lowest BCUT2D eigenvalue weighted by Gasteiger charge is -2.02. The van der Waals surface area contributed by atoms with Crippen molar-refractivity contribution in [3.05, 3.63) is 58.3 Å². The van der Waals surface area contributed by atoms with E-state index in [2.05, 4.69) is 18.1 Å². The highest BCUT2D eigenvalue weighted by atomic mass is 16.6. The third-order valence-corrected chi connectivity index (χ3v) is 2.57. The average molecular weight is 227 g/mol. The van der Waals surface area contributed by atoms with Gasteiger partial charge in [0.15, 0.2) is 0 Å². The Hall–Kier alpha value is -2.23. The molecule has 0 aliphatic carbocycles. The molecule has 0 saturated heterocycles. The van der Waals surface area contributed by atoms with Gasteiger partial charge in [-0.2, -0.15) is 0 Å². The molecule has 0 N–H and O–H groups in total. The lowest BCUT2D eigenvalue weighted by molar-refractivity contribution is -0.384. The Morgan fingerprint density at radius 3 is 2.59 bits per heavy atom. The number of nitro groups is 1. The van der Waals surface area contributed by atoms with E-state index in [0.29, 0.717) is 5.69 Å². The predicted molar refractivity (Wildman–Crippen MR) is 64.5 cm³/mol. The highest BCUT2D eigenvalue weighted by molar-refractivity contribution is 5.69. The number of hydrogen-bond donors (Lipinski definition) is 0. The van der Waals surface area contributed by atoms with Crippen LogP contribution in [0.5, 0.6) is 0 Å². The van der Waals surface area contributed by atoms with E-state index >= 15 is 0 Å². The van der Waals surface area contributed by atoms with Crippen LogP contribution in [0.15, 0.2) is 36.4 Å².